The minimum absolute atomic E-state index is 0.0360. The molecule has 2 unspecified atom stereocenters. The second-order valence-electron chi connectivity index (χ2n) is 5.21. The molecule has 0 saturated heterocycles. The van der Waals surface area contributed by atoms with Gasteiger partial charge in [-0.05, 0) is 41.3 Å². The summed E-state index contributed by atoms with van der Waals surface area (Å²) in [6.45, 7) is 0. The molecule has 0 spiro atoms. The lowest BCUT2D eigenvalue weighted by Crippen LogP contribution is -2.45. The van der Waals surface area contributed by atoms with Crippen LogP contribution in [-0.4, -0.2) is 6.18 Å². The monoisotopic (exact) mass is 373 g/mol. The van der Waals surface area contributed by atoms with Gasteiger partial charge in [0.05, 0.1) is 10.9 Å². The van der Waals surface area contributed by atoms with Crippen molar-refractivity contribution in [2.24, 2.45) is 11.7 Å². The molecule has 1 aromatic rings. The fourth-order valence-corrected chi connectivity index (χ4v) is 3.21. The van der Waals surface area contributed by atoms with Crippen molar-refractivity contribution >= 4 is 27.5 Å². The Bertz CT molecular complexity index is 520. The molecule has 2 rings (SSSR count). The topological polar surface area (TPSA) is 26.0 Å². The molecular formula is C13H13BrClF4N. The van der Waals surface area contributed by atoms with E-state index in [0.717, 1.165) is 0 Å². The number of benzene rings is 1. The molecule has 0 radical (unpaired) electrons. The molecule has 2 atom stereocenters. The highest BCUT2D eigenvalue weighted by Crippen LogP contribution is 2.46. The van der Waals surface area contributed by atoms with Crippen LogP contribution in [0.3, 0.4) is 0 Å². The lowest BCUT2D eigenvalue weighted by atomic mass is 9.72. The van der Waals surface area contributed by atoms with Crippen LogP contribution in [0.15, 0.2) is 16.6 Å². The van der Waals surface area contributed by atoms with Crippen LogP contribution in [0.2, 0.25) is 5.02 Å². The Morgan fingerprint density at radius 2 is 2.00 bits per heavy atom. The van der Waals surface area contributed by atoms with Crippen LogP contribution in [0, 0.1) is 11.7 Å². The zero-order valence-electron chi connectivity index (χ0n) is 10.4. The molecule has 1 fully saturated rings. The lowest BCUT2D eigenvalue weighted by Gasteiger charge is -2.39. The maximum Gasteiger partial charge on any atom is 0.391 e. The van der Waals surface area contributed by atoms with Crippen molar-refractivity contribution in [3.05, 3.63) is 33.0 Å². The highest BCUT2D eigenvalue weighted by Gasteiger charge is 2.47. The van der Waals surface area contributed by atoms with E-state index in [0.29, 0.717) is 17.3 Å². The first-order valence-electron chi connectivity index (χ1n) is 6.15. The fourth-order valence-electron chi connectivity index (χ4n) is 2.74. The molecule has 1 aliphatic carbocycles. The molecule has 0 aromatic heterocycles. The largest absolute Gasteiger partial charge is 0.391 e. The Morgan fingerprint density at radius 1 is 1.35 bits per heavy atom. The van der Waals surface area contributed by atoms with Gasteiger partial charge in [-0.1, -0.05) is 24.1 Å². The van der Waals surface area contributed by atoms with Gasteiger partial charge >= 0.3 is 6.18 Å². The van der Waals surface area contributed by atoms with E-state index in [1.165, 1.54) is 12.1 Å². The normalized spacial score (nSPS) is 27.6. The van der Waals surface area contributed by atoms with E-state index in [9.17, 15) is 17.6 Å². The summed E-state index contributed by atoms with van der Waals surface area (Å²) in [7, 11) is 0. The molecule has 112 valence electrons. The van der Waals surface area contributed by atoms with Crippen molar-refractivity contribution in [2.45, 2.75) is 37.4 Å². The van der Waals surface area contributed by atoms with Gasteiger partial charge in [-0.3, -0.25) is 0 Å². The van der Waals surface area contributed by atoms with Crippen molar-refractivity contribution < 1.29 is 17.6 Å². The zero-order valence-corrected chi connectivity index (χ0v) is 12.7. The minimum Gasteiger partial charge on any atom is -0.321 e. The molecular weight excluding hydrogens is 361 g/mol. The number of halogens is 6. The quantitative estimate of drug-likeness (QED) is 0.534. The van der Waals surface area contributed by atoms with Gasteiger partial charge in [0.25, 0.3) is 0 Å². The smallest absolute Gasteiger partial charge is 0.321 e. The number of hydrogen-bond acceptors (Lipinski definition) is 1. The third-order valence-corrected chi connectivity index (χ3v) is 5.08. The summed E-state index contributed by atoms with van der Waals surface area (Å²) < 4.78 is 53.1. The third kappa shape index (κ3) is 2.97. The van der Waals surface area contributed by atoms with Gasteiger partial charge in [0.2, 0.25) is 0 Å². The van der Waals surface area contributed by atoms with Crippen LogP contribution in [-0.2, 0) is 5.54 Å². The summed E-state index contributed by atoms with van der Waals surface area (Å²) >= 11 is 8.86. The summed E-state index contributed by atoms with van der Waals surface area (Å²) in [5.74, 6) is -2.24. The molecule has 1 aliphatic rings. The SMILES string of the molecule is NC1(c2ccc(Br)c(Cl)c2F)CCCC(C(F)(F)F)C1. The van der Waals surface area contributed by atoms with Crippen LogP contribution < -0.4 is 5.73 Å². The molecule has 20 heavy (non-hydrogen) atoms. The summed E-state index contributed by atoms with van der Waals surface area (Å²) in [5, 5.41) is -0.151. The van der Waals surface area contributed by atoms with Crippen molar-refractivity contribution in [1.82, 2.24) is 0 Å². The van der Waals surface area contributed by atoms with Gasteiger partial charge in [-0.2, -0.15) is 13.2 Å². The number of rotatable bonds is 1. The predicted octanol–water partition coefficient (Wildman–Crippen LogP) is 5.15. The van der Waals surface area contributed by atoms with Crippen molar-refractivity contribution in [2.75, 3.05) is 0 Å². The maximum atomic E-state index is 14.2. The van der Waals surface area contributed by atoms with Crippen LogP contribution in [0.25, 0.3) is 0 Å². The summed E-state index contributed by atoms with van der Waals surface area (Å²) in [4.78, 5) is 0. The Hall–Kier alpha value is -0.330. The number of nitrogens with two attached hydrogens (primary N) is 1. The number of hydrogen-bond donors (Lipinski definition) is 1. The first kappa shape index (κ1) is 16.0. The summed E-state index contributed by atoms with van der Waals surface area (Å²) in [6.07, 6.45) is -3.96. The van der Waals surface area contributed by atoms with Gasteiger partial charge in [-0.15, -0.1) is 0 Å². The van der Waals surface area contributed by atoms with Gasteiger partial charge in [0.15, 0.2) is 0 Å². The molecule has 0 amide bonds. The Labute approximate surface area is 127 Å². The van der Waals surface area contributed by atoms with E-state index in [4.69, 9.17) is 17.3 Å². The van der Waals surface area contributed by atoms with E-state index < -0.39 is 23.5 Å². The van der Waals surface area contributed by atoms with Gasteiger partial charge in [-0.25, -0.2) is 4.39 Å². The summed E-state index contributed by atoms with van der Waals surface area (Å²) in [6, 6.07) is 2.91. The van der Waals surface area contributed by atoms with Gasteiger partial charge < -0.3 is 5.73 Å². The molecule has 1 aromatic carbocycles. The highest BCUT2D eigenvalue weighted by atomic mass is 79.9. The minimum atomic E-state index is -4.30. The molecule has 7 heteroatoms. The van der Waals surface area contributed by atoms with Crippen molar-refractivity contribution in [3.63, 3.8) is 0 Å². The van der Waals surface area contributed by atoms with E-state index in [1.54, 1.807) is 0 Å². The van der Waals surface area contributed by atoms with E-state index in [-0.39, 0.29) is 23.4 Å². The third-order valence-electron chi connectivity index (χ3n) is 3.82. The van der Waals surface area contributed by atoms with Crippen LogP contribution in [0.1, 0.15) is 31.2 Å². The predicted molar refractivity (Wildman–Crippen MR) is 73.0 cm³/mol. The Morgan fingerprint density at radius 3 is 2.60 bits per heavy atom. The second-order valence-corrected chi connectivity index (χ2v) is 6.45. The van der Waals surface area contributed by atoms with E-state index in [1.807, 2.05) is 0 Å². The average Bonchev–Trinajstić information content (AvgIpc) is 2.35. The van der Waals surface area contributed by atoms with Crippen LogP contribution in [0.5, 0.6) is 0 Å². The standard InChI is InChI=1S/C13H13BrClF4N/c14-9-4-3-8(11(16)10(9)15)12(20)5-1-2-7(6-12)13(17,18)19/h3-4,7H,1-2,5-6,20H2. The van der Waals surface area contributed by atoms with Crippen LogP contribution >= 0.6 is 27.5 Å². The molecule has 0 heterocycles. The van der Waals surface area contributed by atoms with Gasteiger partial charge in [0, 0.05) is 15.6 Å². The van der Waals surface area contributed by atoms with Crippen molar-refractivity contribution in [1.29, 1.82) is 0 Å². The fraction of sp³-hybridized carbons (Fsp3) is 0.538. The molecule has 2 N–H and O–H groups in total. The Kier molecular flexibility index (Phi) is 4.38. The zero-order chi connectivity index (χ0) is 15.1. The van der Waals surface area contributed by atoms with E-state index in [2.05, 4.69) is 15.9 Å². The molecule has 1 nitrogen and oxygen atoms in total. The lowest BCUT2D eigenvalue weighted by molar-refractivity contribution is -0.187. The second kappa shape index (κ2) is 5.46. The van der Waals surface area contributed by atoms with Crippen LogP contribution in [0.4, 0.5) is 17.6 Å². The first-order chi connectivity index (χ1) is 9.15. The first-order valence-corrected chi connectivity index (χ1v) is 7.32. The molecule has 1 saturated carbocycles. The average molecular weight is 375 g/mol. The molecule has 0 aliphatic heterocycles. The van der Waals surface area contributed by atoms with E-state index >= 15 is 0 Å². The Balaban J connectivity index is 2.38. The maximum absolute atomic E-state index is 14.2. The summed E-state index contributed by atoms with van der Waals surface area (Å²) in [5.41, 5.74) is 4.80. The van der Waals surface area contributed by atoms with Gasteiger partial charge in [0.1, 0.15) is 5.82 Å². The van der Waals surface area contributed by atoms with Crippen molar-refractivity contribution in [3.8, 4) is 0 Å². The number of alkyl halides is 3. The highest BCUT2D eigenvalue weighted by molar-refractivity contribution is 9.10. The molecule has 0 bridgehead atoms.